The van der Waals surface area contributed by atoms with Crippen molar-refractivity contribution < 1.29 is 36.7 Å². The number of nitrogens with zero attached hydrogens (tertiary/aromatic N) is 2. The summed E-state index contributed by atoms with van der Waals surface area (Å²) in [5.41, 5.74) is -1.24. The highest BCUT2D eigenvalue weighted by molar-refractivity contribution is 5.90. The largest absolute Gasteiger partial charge is 0.447 e. The van der Waals surface area contributed by atoms with Gasteiger partial charge in [-0.05, 0) is 70.1 Å². The van der Waals surface area contributed by atoms with E-state index in [2.05, 4.69) is 15.6 Å². The quantitative estimate of drug-likeness (QED) is 0.551. The lowest BCUT2D eigenvalue weighted by atomic mass is 9.78. The normalized spacial score (nSPS) is 31.3. The van der Waals surface area contributed by atoms with Crippen molar-refractivity contribution in [2.45, 2.75) is 90.1 Å². The first kappa shape index (κ1) is 27.8. The Morgan fingerprint density at radius 1 is 1.10 bits per heavy atom. The molecule has 6 atom stereocenters. The summed E-state index contributed by atoms with van der Waals surface area (Å²) in [6.45, 7) is 5.84. The molecular formula is C27H37F3N4O5. The van der Waals surface area contributed by atoms with Gasteiger partial charge in [-0.1, -0.05) is 0 Å². The molecule has 216 valence electrons. The van der Waals surface area contributed by atoms with Gasteiger partial charge in [-0.3, -0.25) is 9.59 Å². The van der Waals surface area contributed by atoms with Crippen LogP contribution in [0, 0.1) is 29.1 Å². The molecule has 12 heteroatoms. The third-order valence-electron chi connectivity index (χ3n) is 8.89. The van der Waals surface area contributed by atoms with Crippen LogP contribution in [0.25, 0.3) is 0 Å². The van der Waals surface area contributed by atoms with Crippen molar-refractivity contribution in [1.82, 2.24) is 20.5 Å². The van der Waals surface area contributed by atoms with Crippen molar-refractivity contribution in [3.8, 4) is 0 Å². The van der Waals surface area contributed by atoms with Crippen LogP contribution in [0.3, 0.4) is 0 Å². The fourth-order valence-electron chi connectivity index (χ4n) is 7.07. The number of carbonyl (C=O) groups excluding carboxylic acids is 3. The van der Waals surface area contributed by atoms with E-state index in [-0.39, 0.29) is 61.0 Å². The topological polar surface area (TPSA) is 114 Å². The molecule has 2 heterocycles. The van der Waals surface area contributed by atoms with E-state index in [0.717, 1.165) is 31.9 Å². The van der Waals surface area contributed by atoms with E-state index in [4.69, 9.17) is 9.15 Å². The highest BCUT2D eigenvalue weighted by atomic mass is 19.3. The first-order chi connectivity index (χ1) is 18.2. The molecule has 3 amide bonds. The van der Waals surface area contributed by atoms with Gasteiger partial charge in [0.15, 0.2) is 0 Å². The molecule has 9 nitrogen and oxygen atoms in total. The number of hydrogen-bond donors (Lipinski definition) is 2. The van der Waals surface area contributed by atoms with E-state index in [1.807, 2.05) is 0 Å². The second kappa shape index (κ2) is 9.69. The van der Waals surface area contributed by atoms with Gasteiger partial charge < -0.3 is 24.7 Å². The smallest absolute Gasteiger partial charge is 0.410 e. The molecule has 1 aromatic heterocycles. The average Bonchev–Trinajstić information content (AvgIpc) is 3.22. The summed E-state index contributed by atoms with van der Waals surface area (Å²) < 4.78 is 52.5. The molecule has 1 aromatic rings. The van der Waals surface area contributed by atoms with Gasteiger partial charge in [0, 0.05) is 13.5 Å². The van der Waals surface area contributed by atoms with Crippen LogP contribution >= 0.6 is 0 Å². The minimum absolute atomic E-state index is 0.0282. The van der Waals surface area contributed by atoms with E-state index in [1.54, 1.807) is 20.8 Å². The van der Waals surface area contributed by atoms with Gasteiger partial charge in [0.05, 0.1) is 31.0 Å². The molecule has 3 aliphatic carbocycles. The summed E-state index contributed by atoms with van der Waals surface area (Å²) in [5, 5.41) is 5.60. The molecule has 39 heavy (non-hydrogen) atoms. The lowest BCUT2D eigenvalue weighted by Crippen LogP contribution is -2.56. The molecule has 4 unspecified atom stereocenters. The van der Waals surface area contributed by atoms with Gasteiger partial charge in [-0.2, -0.15) is 8.78 Å². The third kappa shape index (κ3) is 5.35. The van der Waals surface area contributed by atoms with E-state index in [1.165, 1.54) is 4.90 Å². The molecule has 2 bridgehead atoms. The Balaban J connectivity index is 1.23. The Labute approximate surface area is 225 Å². The monoisotopic (exact) mass is 554 g/mol. The minimum atomic E-state index is -3.16. The zero-order chi connectivity index (χ0) is 28.3. The third-order valence-corrected chi connectivity index (χ3v) is 8.89. The van der Waals surface area contributed by atoms with Crippen molar-refractivity contribution in [1.29, 1.82) is 0 Å². The minimum Gasteiger partial charge on any atom is -0.447 e. The van der Waals surface area contributed by atoms with E-state index < -0.39 is 47.4 Å². The molecule has 4 fully saturated rings. The molecule has 1 aliphatic heterocycles. The van der Waals surface area contributed by atoms with Gasteiger partial charge >= 0.3 is 6.09 Å². The van der Waals surface area contributed by atoms with Crippen LogP contribution in [0.4, 0.5) is 18.0 Å². The Hall–Kier alpha value is -2.79. The van der Waals surface area contributed by atoms with E-state index in [0.29, 0.717) is 6.92 Å². The van der Waals surface area contributed by atoms with Gasteiger partial charge in [-0.15, -0.1) is 0 Å². The molecule has 5 rings (SSSR count). The lowest BCUT2D eigenvalue weighted by Gasteiger charge is -2.37. The zero-order valence-electron chi connectivity index (χ0n) is 22.8. The number of amides is 3. The van der Waals surface area contributed by atoms with Gasteiger partial charge in [0.25, 0.3) is 5.92 Å². The summed E-state index contributed by atoms with van der Waals surface area (Å²) in [7, 11) is 0. The maximum absolute atomic E-state index is 15.1. The molecule has 0 radical (unpaired) electrons. The number of halogens is 3. The summed E-state index contributed by atoms with van der Waals surface area (Å²) in [4.78, 5) is 44.4. The zero-order valence-corrected chi connectivity index (χ0v) is 22.8. The van der Waals surface area contributed by atoms with Crippen LogP contribution in [0.1, 0.15) is 71.4 Å². The molecule has 2 N–H and O–H groups in total. The predicted molar refractivity (Wildman–Crippen MR) is 132 cm³/mol. The van der Waals surface area contributed by atoms with Crippen LogP contribution in [-0.2, 0) is 26.8 Å². The summed E-state index contributed by atoms with van der Waals surface area (Å²) in [6.07, 6.45) is 2.67. The van der Waals surface area contributed by atoms with Crippen LogP contribution in [0.5, 0.6) is 0 Å². The van der Waals surface area contributed by atoms with Crippen molar-refractivity contribution in [3.05, 3.63) is 17.8 Å². The highest BCUT2D eigenvalue weighted by Crippen LogP contribution is 2.74. The SMILES string of the molecule is CC(C)(C)OC(=O)N1CC[C@@H](NC(=O)C2C(C(=O)NCc3nc(C(C)(F)F)co3)C3CCC2C32CC2)[C@H](F)C1. The second-order valence-electron chi connectivity index (χ2n) is 12.7. The maximum atomic E-state index is 15.1. The second-order valence-corrected chi connectivity index (χ2v) is 12.7. The van der Waals surface area contributed by atoms with Crippen molar-refractivity contribution >= 4 is 17.9 Å². The molecule has 0 aromatic carbocycles. The van der Waals surface area contributed by atoms with Gasteiger partial charge in [0.2, 0.25) is 17.7 Å². The first-order valence-electron chi connectivity index (χ1n) is 13.7. The fourth-order valence-corrected chi connectivity index (χ4v) is 7.07. The van der Waals surface area contributed by atoms with Crippen LogP contribution < -0.4 is 10.6 Å². The molecule has 1 spiro atoms. The molecule has 1 saturated heterocycles. The lowest BCUT2D eigenvalue weighted by molar-refractivity contribution is -0.138. The number of oxazole rings is 1. The molecule has 3 saturated carbocycles. The fraction of sp³-hybridized carbons (Fsp3) is 0.778. The number of likely N-dealkylation sites (tertiary alicyclic amines) is 1. The number of hydrogen-bond acceptors (Lipinski definition) is 6. The number of aromatic nitrogens is 1. The number of alkyl halides is 3. The molecular weight excluding hydrogens is 517 g/mol. The Morgan fingerprint density at radius 2 is 1.74 bits per heavy atom. The van der Waals surface area contributed by atoms with Gasteiger partial charge in [-0.25, -0.2) is 14.2 Å². The van der Waals surface area contributed by atoms with E-state index >= 15 is 4.39 Å². The van der Waals surface area contributed by atoms with Crippen LogP contribution in [-0.4, -0.2) is 58.7 Å². The summed E-state index contributed by atoms with van der Waals surface area (Å²) in [6, 6.07) is -0.768. The highest BCUT2D eigenvalue weighted by Gasteiger charge is 2.71. The van der Waals surface area contributed by atoms with Gasteiger partial charge in [0.1, 0.15) is 23.7 Å². The number of ether oxygens (including phenoxy) is 1. The Bertz CT molecular complexity index is 1130. The van der Waals surface area contributed by atoms with Crippen LogP contribution in [0.2, 0.25) is 0 Å². The summed E-state index contributed by atoms with van der Waals surface area (Å²) >= 11 is 0. The van der Waals surface area contributed by atoms with Crippen molar-refractivity contribution in [2.24, 2.45) is 29.1 Å². The van der Waals surface area contributed by atoms with Crippen molar-refractivity contribution in [3.63, 3.8) is 0 Å². The Morgan fingerprint density at radius 3 is 2.28 bits per heavy atom. The van der Waals surface area contributed by atoms with E-state index in [9.17, 15) is 23.2 Å². The molecule has 4 aliphatic rings. The number of nitrogens with one attached hydrogen (secondary N) is 2. The Kier molecular flexibility index (Phi) is 6.90. The summed E-state index contributed by atoms with van der Waals surface area (Å²) in [5.74, 6) is -4.96. The predicted octanol–water partition coefficient (Wildman–Crippen LogP) is 3.92. The number of carbonyl (C=O) groups is 3. The number of piperidine rings is 1. The number of rotatable bonds is 6. The van der Waals surface area contributed by atoms with Crippen LogP contribution in [0.15, 0.2) is 10.7 Å². The van der Waals surface area contributed by atoms with Crippen molar-refractivity contribution in [2.75, 3.05) is 13.1 Å². The maximum Gasteiger partial charge on any atom is 0.410 e. The standard InChI is InChI=1S/C27H37F3N4O5/c1-25(2,3)39-24(37)34-10-7-17(16(28)12-34)32-23(36)21-15-6-5-14(27(15)8-9-27)20(21)22(35)31-11-19-33-18(13-38-19)26(4,29)30/h13-17,20-21H,5-12H2,1-4H3,(H,31,35)(H,32,36)/t14?,15?,16-,17-,20?,21?/m1/s1. The average molecular weight is 555 g/mol. The first-order valence-corrected chi connectivity index (χ1v) is 13.7.